The maximum absolute atomic E-state index is 11.7. The van der Waals surface area contributed by atoms with Gasteiger partial charge in [0.15, 0.2) is 5.78 Å². The zero-order valence-corrected chi connectivity index (χ0v) is 5.62. The molecule has 0 aromatic carbocycles. The van der Waals surface area contributed by atoms with Crippen LogP contribution in [0.4, 0.5) is 13.2 Å². The van der Waals surface area contributed by atoms with Crippen molar-refractivity contribution in [3.8, 4) is 0 Å². The van der Waals surface area contributed by atoms with E-state index in [4.69, 9.17) is 0 Å². The largest absolute Gasteiger partial charge is 0.419 e. The van der Waals surface area contributed by atoms with Crippen LogP contribution in [-0.2, 0) is 4.79 Å². The SMILES string of the molecule is C/C=C(\C(C)=O)C(F)(F)F. The molecule has 0 aromatic heterocycles. The molecule has 0 aromatic rings. The highest BCUT2D eigenvalue weighted by Crippen LogP contribution is 2.25. The van der Waals surface area contributed by atoms with Crippen LogP contribution in [0.2, 0.25) is 0 Å². The molecule has 0 amide bonds. The van der Waals surface area contributed by atoms with Crippen LogP contribution in [-0.4, -0.2) is 12.0 Å². The second-order valence-electron chi connectivity index (χ2n) is 1.76. The van der Waals surface area contributed by atoms with Crippen molar-refractivity contribution in [1.29, 1.82) is 0 Å². The van der Waals surface area contributed by atoms with Gasteiger partial charge in [-0.2, -0.15) is 13.2 Å². The van der Waals surface area contributed by atoms with E-state index >= 15 is 0 Å². The molecule has 0 N–H and O–H groups in total. The molecule has 58 valence electrons. The second-order valence-corrected chi connectivity index (χ2v) is 1.76. The summed E-state index contributed by atoms with van der Waals surface area (Å²) in [4.78, 5) is 10.2. The first kappa shape index (κ1) is 9.20. The van der Waals surface area contributed by atoms with Gasteiger partial charge in [-0.3, -0.25) is 4.79 Å². The van der Waals surface area contributed by atoms with E-state index in [9.17, 15) is 18.0 Å². The van der Waals surface area contributed by atoms with Gasteiger partial charge in [0.1, 0.15) is 0 Å². The number of rotatable bonds is 1. The van der Waals surface area contributed by atoms with Crippen LogP contribution in [0, 0.1) is 0 Å². The molecule has 0 bridgehead atoms. The lowest BCUT2D eigenvalue weighted by Gasteiger charge is -2.05. The molecule has 0 atom stereocenters. The van der Waals surface area contributed by atoms with Crippen LogP contribution < -0.4 is 0 Å². The second kappa shape index (κ2) is 2.86. The molecular formula is C6H7F3O. The van der Waals surface area contributed by atoms with E-state index < -0.39 is 17.5 Å². The fraction of sp³-hybridized carbons (Fsp3) is 0.500. The Labute approximate surface area is 56.5 Å². The smallest absolute Gasteiger partial charge is 0.295 e. The molecule has 4 heteroatoms. The zero-order valence-electron chi connectivity index (χ0n) is 5.62. The Morgan fingerprint density at radius 2 is 1.80 bits per heavy atom. The molecule has 0 aliphatic heterocycles. The third-order valence-electron chi connectivity index (χ3n) is 0.973. The highest BCUT2D eigenvalue weighted by molar-refractivity contribution is 5.94. The number of carbonyl (C=O) groups is 1. The van der Waals surface area contributed by atoms with Crippen LogP contribution in [0.3, 0.4) is 0 Å². The van der Waals surface area contributed by atoms with Crippen molar-refractivity contribution in [1.82, 2.24) is 0 Å². The van der Waals surface area contributed by atoms with Crippen LogP contribution in [0.25, 0.3) is 0 Å². The standard InChI is InChI=1S/C6H7F3O/c1-3-5(4(2)10)6(7,8)9/h3H,1-2H3/b5-3+. The lowest BCUT2D eigenvalue weighted by atomic mass is 10.2. The monoisotopic (exact) mass is 152 g/mol. The van der Waals surface area contributed by atoms with Crippen molar-refractivity contribution >= 4 is 5.78 Å². The van der Waals surface area contributed by atoms with Gasteiger partial charge < -0.3 is 0 Å². The van der Waals surface area contributed by atoms with E-state index in [1.165, 1.54) is 6.92 Å². The lowest BCUT2D eigenvalue weighted by molar-refractivity contribution is -0.127. The van der Waals surface area contributed by atoms with E-state index in [-0.39, 0.29) is 0 Å². The van der Waals surface area contributed by atoms with Crippen molar-refractivity contribution in [3.05, 3.63) is 11.6 Å². The summed E-state index contributed by atoms with van der Waals surface area (Å²) >= 11 is 0. The van der Waals surface area contributed by atoms with Crippen LogP contribution >= 0.6 is 0 Å². The van der Waals surface area contributed by atoms with Gasteiger partial charge in [-0.25, -0.2) is 0 Å². The molecule has 0 unspecified atom stereocenters. The molecule has 0 radical (unpaired) electrons. The number of ketones is 1. The Bertz CT molecular complexity index is 166. The Balaban J connectivity index is 4.56. The van der Waals surface area contributed by atoms with Crippen molar-refractivity contribution in [2.24, 2.45) is 0 Å². The predicted molar refractivity (Wildman–Crippen MR) is 30.5 cm³/mol. The van der Waals surface area contributed by atoms with Gasteiger partial charge in [0.05, 0.1) is 5.57 Å². The van der Waals surface area contributed by atoms with Crippen LogP contribution in [0.5, 0.6) is 0 Å². The van der Waals surface area contributed by atoms with Crippen molar-refractivity contribution in [3.63, 3.8) is 0 Å². The third kappa shape index (κ3) is 2.21. The molecule has 0 saturated heterocycles. The van der Waals surface area contributed by atoms with E-state index in [0.29, 0.717) is 0 Å². The number of allylic oxidation sites excluding steroid dienone is 2. The minimum absolute atomic E-state index is 0.766. The van der Waals surface area contributed by atoms with Crippen LogP contribution in [0.15, 0.2) is 11.6 Å². The molecule has 0 aliphatic carbocycles. The van der Waals surface area contributed by atoms with Crippen molar-refractivity contribution < 1.29 is 18.0 Å². The van der Waals surface area contributed by atoms with Gasteiger partial charge in [0, 0.05) is 0 Å². The number of Topliss-reactive ketones (excluding diaryl/α,β-unsaturated/α-hetero) is 1. The first-order chi connectivity index (χ1) is 4.39. The topological polar surface area (TPSA) is 17.1 Å². The first-order valence-corrected chi connectivity index (χ1v) is 2.64. The maximum Gasteiger partial charge on any atom is 0.419 e. The molecular weight excluding hydrogens is 145 g/mol. The molecule has 0 aliphatic rings. The van der Waals surface area contributed by atoms with Crippen LogP contribution in [0.1, 0.15) is 13.8 Å². The van der Waals surface area contributed by atoms with E-state index in [0.717, 1.165) is 13.0 Å². The Morgan fingerprint density at radius 1 is 1.40 bits per heavy atom. The number of alkyl halides is 3. The average molecular weight is 152 g/mol. The maximum atomic E-state index is 11.7. The molecule has 0 rings (SSSR count). The average Bonchev–Trinajstić information content (AvgIpc) is 1.60. The molecule has 0 fully saturated rings. The molecule has 0 spiro atoms. The quantitative estimate of drug-likeness (QED) is 0.526. The fourth-order valence-electron chi connectivity index (χ4n) is 0.567. The van der Waals surface area contributed by atoms with Gasteiger partial charge in [0.2, 0.25) is 0 Å². The number of carbonyl (C=O) groups excluding carboxylic acids is 1. The summed E-state index contributed by atoms with van der Waals surface area (Å²) in [5, 5.41) is 0. The molecule has 1 nitrogen and oxygen atoms in total. The minimum atomic E-state index is -4.50. The fourth-order valence-corrected chi connectivity index (χ4v) is 0.567. The van der Waals surface area contributed by atoms with Gasteiger partial charge in [-0.05, 0) is 13.8 Å². The normalized spacial score (nSPS) is 13.5. The lowest BCUT2D eigenvalue weighted by Crippen LogP contribution is -2.17. The first-order valence-electron chi connectivity index (χ1n) is 2.64. The van der Waals surface area contributed by atoms with E-state index in [1.54, 1.807) is 0 Å². The van der Waals surface area contributed by atoms with Gasteiger partial charge in [0.25, 0.3) is 0 Å². The predicted octanol–water partition coefficient (Wildman–Crippen LogP) is 2.08. The highest BCUT2D eigenvalue weighted by atomic mass is 19.4. The zero-order chi connectivity index (χ0) is 8.36. The van der Waals surface area contributed by atoms with Crippen molar-refractivity contribution in [2.75, 3.05) is 0 Å². The third-order valence-corrected chi connectivity index (χ3v) is 0.973. The number of halogens is 3. The van der Waals surface area contributed by atoms with E-state index in [2.05, 4.69) is 0 Å². The summed E-state index contributed by atoms with van der Waals surface area (Å²) in [6.45, 7) is 2.08. The molecule has 0 saturated carbocycles. The van der Waals surface area contributed by atoms with Gasteiger partial charge >= 0.3 is 6.18 Å². The highest BCUT2D eigenvalue weighted by Gasteiger charge is 2.35. The summed E-state index contributed by atoms with van der Waals surface area (Å²) in [6, 6.07) is 0. The van der Waals surface area contributed by atoms with Crippen molar-refractivity contribution in [2.45, 2.75) is 20.0 Å². The summed E-state index contributed by atoms with van der Waals surface area (Å²) in [5.74, 6) is -0.949. The number of hydrogen-bond acceptors (Lipinski definition) is 1. The number of hydrogen-bond donors (Lipinski definition) is 0. The summed E-state index contributed by atoms with van der Waals surface area (Å²) in [7, 11) is 0. The van der Waals surface area contributed by atoms with Gasteiger partial charge in [-0.15, -0.1) is 0 Å². The summed E-state index contributed by atoms with van der Waals surface area (Å²) in [6.07, 6.45) is -3.73. The van der Waals surface area contributed by atoms with E-state index in [1.807, 2.05) is 0 Å². The Morgan fingerprint density at radius 3 is 1.80 bits per heavy atom. The molecule has 0 heterocycles. The summed E-state index contributed by atoms with van der Waals surface area (Å²) in [5.41, 5.74) is -1.09. The van der Waals surface area contributed by atoms with Gasteiger partial charge in [-0.1, -0.05) is 6.08 Å². The molecule has 10 heavy (non-hydrogen) atoms. The Hall–Kier alpha value is -0.800. The minimum Gasteiger partial charge on any atom is -0.295 e. The summed E-state index contributed by atoms with van der Waals surface area (Å²) < 4.78 is 35.0. The Kier molecular flexibility index (Phi) is 2.63.